The third-order valence-corrected chi connectivity index (χ3v) is 5.63. The minimum absolute atomic E-state index is 0.000283. The molecule has 1 saturated carbocycles. The Morgan fingerprint density at radius 2 is 2.11 bits per heavy atom. The van der Waals surface area contributed by atoms with E-state index in [-0.39, 0.29) is 24.0 Å². The SMILES string of the molecule is CN(CC(=O)N[C@H](c1ccc2c(c1)CCO2)C1CC(O)C1)Cc1ccncc1. The van der Waals surface area contributed by atoms with Gasteiger partial charge in [-0.25, -0.2) is 0 Å². The van der Waals surface area contributed by atoms with Gasteiger partial charge in [-0.05, 0) is 66.8 Å². The van der Waals surface area contributed by atoms with Crippen molar-refractivity contribution in [1.82, 2.24) is 15.2 Å². The van der Waals surface area contributed by atoms with Crippen molar-refractivity contribution in [3.05, 3.63) is 59.4 Å². The molecule has 1 aliphatic heterocycles. The summed E-state index contributed by atoms with van der Waals surface area (Å²) in [6.07, 6.45) is 5.64. The molecule has 6 heteroatoms. The molecule has 0 saturated heterocycles. The van der Waals surface area contributed by atoms with Crippen LogP contribution < -0.4 is 10.1 Å². The first-order chi connectivity index (χ1) is 13.6. The van der Waals surface area contributed by atoms with E-state index in [1.165, 1.54) is 5.56 Å². The monoisotopic (exact) mass is 381 g/mol. The Morgan fingerprint density at radius 3 is 2.86 bits per heavy atom. The van der Waals surface area contributed by atoms with Gasteiger partial charge in [-0.3, -0.25) is 14.7 Å². The van der Waals surface area contributed by atoms with Crippen LogP contribution in [0.15, 0.2) is 42.7 Å². The van der Waals surface area contributed by atoms with Crippen LogP contribution in [0.2, 0.25) is 0 Å². The lowest BCUT2D eigenvalue weighted by Crippen LogP contribution is -2.44. The maximum atomic E-state index is 12.7. The number of fused-ring (bicyclic) bond motifs is 1. The van der Waals surface area contributed by atoms with Crippen molar-refractivity contribution >= 4 is 5.91 Å². The Kier molecular flexibility index (Phi) is 5.59. The zero-order valence-corrected chi connectivity index (χ0v) is 16.2. The van der Waals surface area contributed by atoms with E-state index in [0.29, 0.717) is 13.1 Å². The van der Waals surface area contributed by atoms with Gasteiger partial charge in [-0.1, -0.05) is 6.07 Å². The number of pyridine rings is 1. The number of aromatic nitrogens is 1. The van der Waals surface area contributed by atoms with Crippen molar-refractivity contribution in [3.8, 4) is 5.75 Å². The van der Waals surface area contributed by atoms with E-state index in [1.807, 2.05) is 36.2 Å². The lowest BCUT2D eigenvalue weighted by atomic mass is 9.75. The molecule has 0 unspecified atom stereocenters. The van der Waals surface area contributed by atoms with Gasteiger partial charge in [0.1, 0.15) is 5.75 Å². The molecule has 1 amide bonds. The molecule has 6 nitrogen and oxygen atoms in total. The topological polar surface area (TPSA) is 74.7 Å². The van der Waals surface area contributed by atoms with Crippen LogP contribution in [0.3, 0.4) is 0 Å². The second-order valence-electron chi connectivity index (χ2n) is 7.92. The highest BCUT2D eigenvalue weighted by molar-refractivity contribution is 5.78. The van der Waals surface area contributed by atoms with Crippen LogP contribution in [0, 0.1) is 5.92 Å². The van der Waals surface area contributed by atoms with Gasteiger partial charge in [0.2, 0.25) is 5.91 Å². The standard InChI is InChI=1S/C22H27N3O3/c1-25(13-15-4-7-23-8-5-15)14-21(27)24-22(18-11-19(26)12-18)17-2-3-20-16(10-17)6-9-28-20/h2-5,7-8,10,18-19,22,26H,6,9,11-14H2,1H3,(H,24,27)/t18?,19?,22-/m1/s1. The van der Waals surface area contributed by atoms with E-state index in [4.69, 9.17) is 4.74 Å². The number of rotatable bonds is 7. The molecule has 2 aromatic rings. The molecular formula is C22H27N3O3. The molecular weight excluding hydrogens is 354 g/mol. The predicted octanol–water partition coefficient (Wildman–Crippen LogP) is 2.08. The number of benzene rings is 1. The molecule has 28 heavy (non-hydrogen) atoms. The van der Waals surface area contributed by atoms with E-state index >= 15 is 0 Å². The van der Waals surface area contributed by atoms with Crippen LogP contribution in [-0.2, 0) is 17.8 Å². The maximum Gasteiger partial charge on any atom is 0.234 e. The fourth-order valence-electron chi connectivity index (χ4n) is 4.10. The fraction of sp³-hybridized carbons (Fsp3) is 0.455. The summed E-state index contributed by atoms with van der Waals surface area (Å²) in [5, 5.41) is 13.0. The molecule has 1 fully saturated rings. The molecule has 1 aliphatic carbocycles. The number of nitrogens with one attached hydrogen (secondary N) is 1. The fourth-order valence-corrected chi connectivity index (χ4v) is 4.10. The van der Waals surface area contributed by atoms with E-state index in [0.717, 1.165) is 42.7 Å². The number of ether oxygens (including phenoxy) is 1. The number of hydrogen-bond acceptors (Lipinski definition) is 5. The number of carbonyl (C=O) groups is 1. The van der Waals surface area contributed by atoms with Crippen molar-refractivity contribution < 1.29 is 14.6 Å². The second kappa shape index (κ2) is 8.29. The van der Waals surface area contributed by atoms with E-state index < -0.39 is 0 Å². The van der Waals surface area contributed by atoms with Gasteiger partial charge in [-0.2, -0.15) is 0 Å². The van der Waals surface area contributed by atoms with Crippen molar-refractivity contribution in [2.45, 2.75) is 38.0 Å². The molecule has 0 bridgehead atoms. The lowest BCUT2D eigenvalue weighted by Gasteiger charge is -2.38. The first-order valence-corrected chi connectivity index (χ1v) is 9.89. The minimum Gasteiger partial charge on any atom is -0.493 e. The van der Waals surface area contributed by atoms with Crippen LogP contribution in [0.25, 0.3) is 0 Å². The minimum atomic E-state index is -0.253. The summed E-state index contributed by atoms with van der Waals surface area (Å²) >= 11 is 0. The third-order valence-electron chi connectivity index (χ3n) is 5.63. The summed E-state index contributed by atoms with van der Waals surface area (Å²) in [6, 6.07) is 10.0. The van der Waals surface area contributed by atoms with Crippen LogP contribution in [-0.4, -0.2) is 47.2 Å². The number of amides is 1. The Bertz CT molecular complexity index is 821. The van der Waals surface area contributed by atoms with Gasteiger partial charge in [0, 0.05) is 25.4 Å². The zero-order chi connectivity index (χ0) is 19.5. The molecule has 2 N–H and O–H groups in total. The predicted molar refractivity (Wildman–Crippen MR) is 106 cm³/mol. The number of likely N-dealkylation sites (N-methyl/N-ethyl adjacent to an activating group) is 1. The number of hydrogen-bond donors (Lipinski definition) is 2. The quantitative estimate of drug-likeness (QED) is 0.768. The van der Waals surface area contributed by atoms with E-state index in [9.17, 15) is 9.90 Å². The Balaban J connectivity index is 1.41. The summed E-state index contributed by atoms with van der Waals surface area (Å²) in [5.41, 5.74) is 3.43. The van der Waals surface area contributed by atoms with Crippen LogP contribution >= 0.6 is 0 Å². The van der Waals surface area contributed by atoms with Gasteiger partial charge in [-0.15, -0.1) is 0 Å². The Hall–Kier alpha value is -2.44. The molecule has 148 valence electrons. The molecule has 4 rings (SSSR count). The summed E-state index contributed by atoms with van der Waals surface area (Å²) in [5.74, 6) is 1.21. The third kappa shape index (κ3) is 4.34. The molecule has 1 atom stereocenters. The smallest absolute Gasteiger partial charge is 0.234 e. The number of carbonyl (C=O) groups excluding carboxylic acids is 1. The Morgan fingerprint density at radius 1 is 1.32 bits per heavy atom. The highest BCUT2D eigenvalue weighted by atomic mass is 16.5. The lowest BCUT2D eigenvalue weighted by molar-refractivity contribution is -0.124. The number of aliphatic hydroxyl groups excluding tert-OH is 1. The van der Waals surface area contributed by atoms with Gasteiger partial charge in [0.05, 0.1) is 25.3 Å². The number of nitrogens with zero attached hydrogens (tertiary/aromatic N) is 2. The number of aliphatic hydroxyl groups is 1. The van der Waals surface area contributed by atoms with Crippen molar-refractivity contribution in [3.63, 3.8) is 0 Å². The first kappa shape index (κ1) is 18.9. The molecule has 1 aromatic heterocycles. The highest BCUT2D eigenvalue weighted by Crippen LogP contribution is 2.39. The largest absolute Gasteiger partial charge is 0.493 e. The van der Waals surface area contributed by atoms with Crippen molar-refractivity contribution in [1.29, 1.82) is 0 Å². The van der Waals surface area contributed by atoms with Crippen LogP contribution in [0.4, 0.5) is 0 Å². The van der Waals surface area contributed by atoms with Gasteiger partial charge < -0.3 is 15.2 Å². The molecule has 2 heterocycles. The maximum absolute atomic E-state index is 12.7. The van der Waals surface area contributed by atoms with Crippen LogP contribution in [0.1, 0.15) is 35.6 Å². The summed E-state index contributed by atoms with van der Waals surface area (Å²) in [4.78, 5) is 18.8. The summed E-state index contributed by atoms with van der Waals surface area (Å²) in [6.45, 7) is 1.73. The molecule has 0 spiro atoms. The molecule has 1 aromatic carbocycles. The van der Waals surface area contributed by atoms with E-state index in [1.54, 1.807) is 12.4 Å². The van der Waals surface area contributed by atoms with Gasteiger partial charge >= 0.3 is 0 Å². The van der Waals surface area contributed by atoms with Gasteiger partial charge in [0.15, 0.2) is 0 Å². The highest BCUT2D eigenvalue weighted by Gasteiger charge is 2.36. The van der Waals surface area contributed by atoms with E-state index in [2.05, 4.69) is 16.4 Å². The summed E-state index contributed by atoms with van der Waals surface area (Å²) < 4.78 is 5.60. The Labute approximate surface area is 165 Å². The van der Waals surface area contributed by atoms with Crippen molar-refractivity contribution in [2.75, 3.05) is 20.2 Å². The average molecular weight is 381 g/mol. The first-order valence-electron chi connectivity index (χ1n) is 9.89. The second-order valence-corrected chi connectivity index (χ2v) is 7.92. The van der Waals surface area contributed by atoms with Crippen LogP contribution in [0.5, 0.6) is 5.75 Å². The zero-order valence-electron chi connectivity index (χ0n) is 16.2. The van der Waals surface area contributed by atoms with Gasteiger partial charge in [0.25, 0.3) is 0 Å². The average Bonchev–Trinajstić information content (AvgIpc) is 3.12. The van der Waals surface area contributed by atoms with Crippen molar-refractivity contribution in [2.24, 2.45) is 5.92 Å². The molecule has 2 aliphatic rings. The molecule has 0 radical (unpaired) electrons. The normalized spacial score (nSPS) is 21.5. The summed E-state index contributed by atoms with van der Waals surface area (Å²) in [7, 11) is 1.94.